The molecule has 2 fully saturated rings. The molecule has 4 unspecified atom stereocenters. The topological polar surface area (TPSA) is 252 Å². The van der Waals surface area contributed by atoms with E-state index < -0.39 is 99.9 Å². The van der Waals surface area contributed by atoms with E-state index in [2.05, 4.69) is 43.8 Å². The second-order valence-electron chi connectivity index (χ2n) is 23.8. The minimum absolute atomic E-state index is 0.0228. The number of rotatable bonds is 34. The zero-order valence-electron chi connectivity index (χ0n) is 55.6. The molecule has 21 nitrogen and oxygen atoms in total. The van der Waals surface area contributed by atoms with Gasteiger partial charge in [0.1, 0.15) is 43.0 Å². The van der Waals surface area contributed by atoms with Gasteiger partial charge < -0.3 is 61.7 Å². The SMILES string of the molecule is COc1ccc(C(O[C@H]2CC(C(=O)COCCNC(=O)CO[C@H]3OC(COC(=O)c4ccccc4)[C@@H](OC(=O)c4ccccc4)[C@H](OC(=O)c4ccccc4)C3OC(=O)c3ccccc3)[C@H](COP(OCCC#N)N(C(C)C)C(C)C)C2)(c2ccccc2)c2ccc(OC)cc2)cc1. The maximum Gasteiger partial charge on any atom is 0.338 e. The van der Waals surface area contributed by atoms with Gasteiger partial charge >= 0.3 is 23.9 Å². The third-order valence-corrected chi connectivity index (χ3v) is 18.6. The summed E-state index contributed by atoms with van der Waals surface area (Å²) < 4.78 is 76.8. The van der Waals surface area contributed by atoms with Crippen LogP contribution in [-0.2, 0) is 62.1 Å². The highest BCUT2D eigenvalue weighted by Crippen LogP contribution is 2.50. The van der Waals surface area contributed by atoms with Gasteiger partial charge in [-0.25, -0.2) is 23.8 Å². The molecule has 1 saturated carbocycles. The zero-order chi connectivity index (χ0) is 69.4. The van der Waals surface area contributed by atoms with Crippen molar-refractivity contribution < 1.29 is 85.2 Å². The minimum atomic E-state index is -1.75. The molecule has 1 saturated heterocycles. The molecule has 7 aromatic rings. The second kappa shape index (κ2) is 36.4. The average molecular weight is 1360 g/mol. The van der Waals surface area contributed by atoms with E-state index in [1.807, 2.05) is 78.9 Å². The van der Waals surface area contributed by atoms with Crippen molar-refractivity contribution in [2.24, 2.45) is 11.8 Å². The Balaban J connectivity index is 0.936. The van der Waals surface area contributed by atoms with Crippen LogP contribution in [0.2, 0.25) is 0 Å². The Morgan fingerprint density at radius 2 is 1.03 bits per heavy atom. The fourth-order valence-electron chi connectivity index (χ4n) is 11.9. The van der Waals surface area contributed by atoms with Gasteiger partial charge in [-0.15, -0.1) is 0 Å². The minimum Gasteiger partial charge on any atom is -0.497 e. The van der Waals surface area contributed by atoms with Crippen LogP contribution >= 0.6 is 8.53 Å². The summed E-state index contributed by atoms with van der Waals surface area (Å²) in [6.45, 7) is 6.58. The molecule has 1 amide bonds. The van der Waals surface area contributed by atoms with E-state index in [0.29, 0.717) is 24.3 Å². The first-order valence-corrected chi connectivity index (χ1v) is 33.6. The third kappa shape index (κ3) is 19.3. The summed E-state index contributed by atoms with van der Waals surface area (Å²) in [7, 11) is 1.54. The van der Waals surface area contributed by atoms with E-state index in [9.17, 15) is 34.0 Å². The smallest absolute Gasteiger partial charge is 0.338 e. The summed E-state index contributed by atoms with van der Waals surface area (Å²) in [5, 5.41) is 12.2. The van der Waals surface area contributed by atoms with Gasteiger partial charge in [0.25, 0.3) is 8.53 Å². The summed E-state index contributed by atoms with van der Waals surface area (Å²) in [5.41, 5.74) is 1.76. The zero-order valence-corrected chi connectivity index (χ0v) is 56.5. The van der Waals surface area contributed by atoms with Gasteiger partial charge in [-0.05, 0) is 136 Å². The van der Waals surface area contributed by atoms with Gasteiger partial charge in [0.15, 0.2) is 30.4 Å². The van der Waals surface area contributed by atoms with Crippen LogP contribution in [-0.4, -0.2) is 150 Å². The normalized spacial score (nSPS) is 19.4. The molecule has 9 atom stereocenters. The number of nitriles is 1. The number of carbonyl (C=O) groups excluding carboxylic acids is 6. The number of carbonyl (C=O) groups is 6. The summed E-state index contributed by atoms with van der Waals surface area (Å²) in [4.78, 5) is 84.5. The monoisotopic (exact) mass is 1360 g/mol. The number of nitrogens with one attached hydrogen (secondary N) is 1. The van der Waals surface area contributed by atoms with Crippen molar-refractivity contribution in [3.63, 3.8) is 0 Å². The summed E-state index contributed by atoms with van der Waals surface area (Å²) >= 11 is 0. The standard InChI is InChI=1S/C76H82N3O18P/c1-51(2)79(52(3)4)98(91-43-22-41-77)92-47-57-45-63(97-76(58-31-20-11-21-32-58,59-33-37-61(86-5)38-34-59)60-35-39-62(87-6)40-36-60)46-64(57)65(80)48-88-44-42-78-67(81)50-90-75-70(96-74(85)56-29-18-10-19-30-56)69(95-73(84)55-27-16-9-17-28-55)68(94-72(83)54-25-14-8-15-26-54)66(93-75)49-89-71(82)53-23-12-7-13-24-53/h7-21,23-40,51-52,57,63-64,66,68-70,75H,22,42-50H2,1-6H3,(H,78,81)/t57-,63+,64?,66?,68+,69-,70?,75-,98?/m0/s1. The number of amides is 1. The van der Waals surface area contributed by atoms with Crippen LogP contribution in [0, 0.1) is 23.2 Å². The number of esters is 4. The first-order valence-electron chi connectivity index (χ1n) is 32.5. The molecule has 2 aliphatic rings. The van der Waals surface area contributed by atoms with Gasteiger partial charge in [-0.1, -0.05) is 127 Å². The van der Waals surface area contributed by atoms with Crippen LogP contribution in [0.25, 0.3) is 0 Å². The van der Waals surface area contributed by atoms with Gasteiger partial charge in [-0.3, -0.25) is 9.59 Å². The number of benzene rings is 7. The maximum absolute atomic E-state index is 14.8. The molecule has 0 radical (unpaired) electrons. The van der Waals surface area contributed by atoms with Crippen molar-refractivity contribution in [3.8, 4) is 17.6 Å². The molecule has 22 heteroatoms. The second-order valence-corrected chi connectivity index (χ2v) is 25.3. The molecular formula is C76H82N3O18P. The Bertz CT molecular complexity index is 3660. The molecule has 98 heavy (non-hydrogen) atoms. The molecule has 7 aromatic carbocycles. The Labute approximate surface area is 572 Å². The predicted molar refractivity (Wildman–Crippen MR) is 362 cm³/mol. The highest BCUT2D eigenvalue weighted by molar-refractivity contribution is 7.44. The Hall–Kier alpha value is -9.20. The average Bonchev–Trinajstić information content (AvgIpc) is 1.06. The summed E-state index contributed by atoms with van der Waals surface area (Å²) in [6.07, 6.45) is -7.98. The lowest BCUT2D eigenvalue weighted by atomic mass is 9.79. The van der Waals surface area contributed by atoms with Crippen molar-refractivity contribution in [1.82, 2.24) is 9.99 Å². The lowest BCUT2D eigenvalue weighted by molar-refractivity contribution is -0.296. The first kappa shape index (κ1) is 73.1. The molecule has 0 spiro atoms. The van der Waals surface area contributed by atoms with Gasteiger partial charge in [0, 0.05) is 24.5 Å². The van der Waals surface area contributed by atoms with Crippen LogP contribution < -0.4 is 14.8 Å². The van der Waals surface area contributed by atoms with E-state index in [-0.39, 0.29) is 85.4 Å². The van der Waals surface area contributed by atoms with E-state index in [1.54, 1.807) is 87.0 Å². The number of hydrogen-bond acceptors (Lipinski definition) is 20. The van der Waals surface area contributed by atoms with Crippen LogP contribution in [0.15, 0.2) is 200 Å². The summed E-state index contributed by atoms with van der Waals surface area (Å²) in [5.74, 6) is -4.10. The third-order valence-electron chi connectivity index (χ3n) is 16.6. The highest BCUT2D eigenvalue weighted by Gasteiger charge is 2.54. The maximum atomic E-state index is 14.8. The summed E-state index contributed by atoms with van der Waals surface area (Å²) in [6, 6.07) is 59.4. The first-order chi connectivity index (χ1) is 47.6. The quantitative estimate of drug-likeness (QED) is 0.0129. The molecule has 514 valence electrons. The van der Waals surface area contributed by atoms with Crippen molar-refractivity contribution in [3.05, 3.63) is 239 Å². The lowest BCUT2D eigenvalue weighted by Gasteiger charge is -2.44. The van der Waals surface area contributed by atoms with E-state index in [0.717, 1.165) is 16.7 Å². The number of hydrogen-bond donors (Lipinski definition) is 1. The lowest BCUT2D eigenvalue weighted by Crippen LogP contribution is -2.63. The number of Topliss-reactive ketones (excluding diaryl/α,β-unsaturated/α-hetero) is 1. The predicted octanol–water partition coefficient (Wildman–Crippen LogP) is 11.7. The highest BCUT2D eigenvalue weighted by atomic mass is 31.2. The Morgan fingerprint density at radius 1 is 0.561 bits per heavy atom. The van der Waals surface area contributed by atoms with E-state index >= 15 is 0 Å². The molecular weight excluding hydrogens is 1270 g/mol. The van der Waals surface area contributed by atoms with Crippen LogP contribution in [0.4, 0.5) is 0 Å². The van der Waals surface area contributed by atoms with Crippen LogP contribution in [0.1, 0.15) is 105 Å². The fourth-order valence-corrected chi connectivity index (χ4v) is 13.6. The molecule has 1 N–H and O–H groups in total. The fraction of sp³-hybridized carbons (Fsp3) is 0.355. The van der Waals surface area contributed by atoms with Gasteiger partial charge in [0.2, 0.25) is 5.91 Å². The van der Waals surface area contributed by atoms with Gasteiger partial charge in [0.05, 0.1) is 74.9 Å². The van der Waals surface area contributed by atoms with Crippen molar-refractivity contribution in [1.29, 1.82) is 5.26 Å². The van der Waals surface area contributed by atoms with Crippen molar-refractivity contribution >= 4 is 44.1 Å². The molecule has 9 rings (SSSR count). The molecule has 0 bridgehead atoms. The largest absolute Gasteiger partial charge is 0.497 e. The van der Waals surface area contributed by atoms with Crippen molar-refractivity contribution in [2.45, 2.75) is 101 Å². The van der Waals surface area contributed by atoms with Crippen LogP contribution in [0.5, 0.6) is 11.5 Å². The van der Waals surface area contributed by atoms with E-state index in [4.69, 9.17) is 56.4 Å². The van der Waals surface area contributed by atoms with Crippen LogP contribution in [0.3, 0.4) is 0 Å². The van der Waals surface area contributed by atoms with Crippen molar-refractivity contribution in [2.75, 3.05) is 60.4 Å². The molecule has 1 aliphatic carbocycles. The number of methoxy groups -OCH3 is 2. The van der Waals surface area contributed by atoms with Gasteiger partial charge in [-0.2, -0.15) is 5.26 Å². The molecule has 1 heterocycles. The number of ketones is 1. The number of ether oxygens (including phenoxy) is 10. The molecule has 0 aromatic heterocycles. The Morgan fingerprint density at radius 3 is 1.52 bits per heavy atom. The molecule has 1 aliphatic heterocycles. The Kier molecular flexibility index (Phi) is 27.1. The number of nitrogens with zero attached hydrogens (tertiary/aromatic N) is 2. The van der Waals surface area contributed by atoms with E-state index in [1.165, 1.54) is 48.5 Å².